The third-order valence-corrected chi connectivity index (χ3v) is 1.66. The Balaban J connectivity index is 3.05. The highest BCUT2D eigenvalue weighted by molar-refractivity contribution is 5.82. The number of phenols is 1. The molecular formula is C9H8N2O3. The summed E-state index contributed by atoms with van der Waals surface area (Å²) < 4.78 is 0. The van der Waals surface area contributed by atoms with Gasteiger partial charge in [-0.25, -0.2) is 4.79 Å². The molecule has 0 bridgehead atoms. The van der Waals surface area contributed by atoms with Gasteiger partial charge in [-0.3, -0.25) is 4.79 Å². The molecule has 3 N–H and O–H groups in total. The Morgan fingerprint density at radius 1 is 1.43 bits per heavy atom. The molecule has 0 aliphatic heterocycles. The van der Waals surface area contributed by atoms with Crippen LogP contribution in [0.3, 0.4) is 0 Å². The predicted octanol–water partition coefficient (Wildman–Crippen LogP) is 0.254. The summed E-state index contributed by atoms with van der Waals surface area (Å²) in [5.74, 6) is -0.675. The van der Waals surface area contributed by atoms with E-state index in [2.05, 4.69) is 4.99 Å². The van der Waals surface area contributed by atoms with E-state index >= 15 is 0 Å². The minimum Gasteiger partial charge on any atom is -0.508 e. The molecule has 0 aliphatic rings. The van der Waals surface area contributed by atoms with E-state index in [1.807, 2.05) is 0 Å². The molecule has 1 aromatic carbocycles. The fraction of sp³-hybridized carbons (Fsp3) is 0.111. The van der Waals surface area contributed by atoms with Crippen LogP contribution in [0.4, 0.5) is 0 Å². The third-order valence-electron chi connectivity index (χ3n) is 1.66. The van der Waals surface area contributed by atoms with Crippen LogP contribution in [0.5, 0.6) is 5.75 Å². The Morgan fingerprint density at radius 2 is 2.00 bits per heavy atom. The Kier molecular flexibility index (Phi) is 2.99. The van der Waals surface area contributed by atoms with Gasteiger partial charge in [0.15, 0.2) is 6.04 Å². The van der Waals surface area contributed by atoms with E-state index in [1.165, 1.54) is 30.3 Å². The van der Waals surface area contributed by atoms with Gasteiger partial charge in [-0.2, -0.15) is 4.99 Å². The lowest BCUT2D eigenvalue weighted by Crippen LogP contribution is -2.19. The van der Waals surface area contributed by atoms with Crippen LogP contribution in [-0.4, -0.2) is 17.1 Å². The number of carbonyl (C=O) groups is 1. The molecule has 0 saturated carbocycles. The molecule has 72 valence electrons. The van der Waals surface area contributed by atoms with Gasteiger partial charge in [-0.1, -0.05) is 12.1 Å². The number of rotatable bonds is 3. The largest absolute Gasteiger partial charge is 0.508 e. The van der Waals surface area contributed by atoms with E-state index in [0.717, 1.165) is 0 Å². The van der Waals surface area contributed by atoms with Crippen molar-refractivity contribution >= 4 is 12.0 Å². The van der Waals surface area contributed by atoms with E-state index in [4.69, 9.17) is 10.8 Å². The summed E-state index contributed by atoms with van der Waals surface area (Å²) in [6, 6.07) is 4.65. The van der Waals surface area contributed by atoms with Gasteiger partial charge in [0.1, 0.15) is 5.75 Å². The highest BCUT2D eigenvalue weighted by atomic mass is 16.3. The van der Waals surface area contributed by atoms with Gasteiger partial charge in [0.25, 0.3) is 0 Å². The smallest absolute Gasteiger partial charge is 0.247 e. The summed E-state index contributed by atoms with van der Waals surface area (Å²) in [5, 5.41) is 8.98. The normalized spacial score (nSPS) is 11.4. The number of nitrogens with two attached hydrogens (primary N) is 1. The number of benzene rings is 1. The van der Waals surface area contributed by atoms with E-state index in [-0.39, 0.29) is 5.75 Å². The topological polar surface area (TPSA) is 92.8 Å². The maximum absolute atomic E-state index is 10.9. The van der Waals surface area contributed by atoms with Crippen LogP contribution >= 0.6 is 0 Å². The fourth-order valence-electron chi connectivity index (χ4n) is 1.01. The van der Waals surface area contributed by atoms with Gasteiger partial charge in [0.05, 0.1) is 0 Å². The van der Waals surface area contributed by atoms with Crippen molar-refractivity contribution in [2.45, 2.75) is 6.04 Å². The van der Waals surface area contributed by atoms with Crippen LogP contribution in [0.25, 0.3) is 0 Å². The zero-order chi connectivity index (χ0) is 10.6. The second-order valence-corrected chi connectivity index (χ2v) is 2.62. The molecule has 0 saturated heterocycles. The van der Waals surface area contributed by atoms with Crippen LogP contribution < -0.4 is 5.73 Å². The number of isocyanates is 1. The number of amides is 1. The second-order valence-electron chi connectivity index (χ2n) is 2.62. The molecule has 0 aliphatic carbocycles. The van der Waals surface area contributed by atoms with Crippen molar-refractivity contribution in [1.82, 2.24) is 0 Å². The molecule has 0 radical (unpaired) electrons. The lowest BCUT2D eigenvalue weighted by molar-refractivity contribution is -0.119. The number of carbonyl (C=O) groups excluding carboxylic acids is 2. The summed E-state index contributed by atoms with van der Waals surface area (Å²) in [6.45, 7) is 0. The first-order chi connectivity index (χ1) is 6.65. The molecule has 1 atom stereocenters. The Hall–Kier alpha value is -2.13. The van der Waals surface area contributed by atoms with E-state index < -0.39 is 11.9 Å². The number of hydrogen-bond acceptors (Lipinski definition) is 4. The number of phenolic OH excluding ortho intramolecular Hbond substituents is 1. The van der Waals surface area contributed by atoms with Crippen LogP contribution in [0.2, 0.25) is 0 Å². The van der Waals surface area contributed by atoms with Crippen molar-refractivity contribution in [1.29, 1.82) is 0 Å². The first-order valence-electron chi connectivity index (χ1n) is 3.80. The van der Waals surface area contributed by atoms with Crippen molar-refractivity contribution in [3.63, 3.8) is 0 Å². The number of aromatic hydroxyl groups is 1. The lowest BCUT2D eigenvalue weighted by atomic mass is 10.1. The highest BCUT2D eigenvalue weighted by Gasteiger charge is 2.15. The third kappa shape index (κ3) is 2.18. The zero-order valence-electron chi connectivity index (χ0n) is 7.18. The predicted molar refractivity (Wildman–Crippen MR) is 48.2 cm³/mol. The zero-order valence-corrected chi connectivity index (χ0v) is 7.18. The molecular weight excluding hydrogens is 184 g/mol. The van der Waals surface area contributed by atoms with Crippen molar-refractivity contribution in [2.24, 2.45) is 10.7 Å². The summed E-state index contributed by atoms with van der Waals surface area (Å²) in [4.78, 5) is 24.1. The monoisotopic (exact) mass is 192 g/mol. The van der Waals surface area contributed by atoms with Gasteiger partial charge >= 0.3 is 0 Å². The standard InChI is InChI=1S/C9H8N2O3/c10-9(14)8(11-5-12)6-1-3-7(13)4-2-6/h1-4,8,13H,(H2,10,14). The van der Waals surface area contributed by atoms with Crippen molar-refractivity contribution in [3.05, 3.63) is 29.8 Å². The summed E-state index contributed by atoms with van der Waals surface area (Å²) in [6.07, 6.45) is 1.27. The molecule has 1 rings (SSSR count). The summed E-state index contributed by atoms with van der Waals surface area (Å²) >= 11 is 0. The molecule has 14 heavy (non-hydrogen) atoms. The SMILES string of the molecule is NC(=O)C(N=C=O)c1ccc(O)cc1. The van der Waals surface area contributed by atoms with E-state index in [0.29, 0.717) is 5.56 Å². The van der Waals surface area contributed by atoms with Gasteiger partial charge in [0.2, 0.25) is 12.0 Å². The molecule has 5 nitrogen and oxygen atoms in total. The number of aliphatic imine (C=N–C) groups is 1. The quantitative estimate of drug-likeness (QED) is 0.531. The molecule has 5 heteroatoms. The van der Waals surface area contributed by atoms with Gasteiger partial charge < -0.3 is 10.8 Å². The number of primary amides is 1. The van der Waals surface area contributed by atoms with E-state index in [1.54, 1.807) is 0 Å². The molecule has 0 aromatic heterocycles. The van der Waals surface area contributed by atoms with Crippen molar-refractivity contribution in [3.8, 4) is 5.75 Å². The van der Waals surface area contributed by atoms with Gasteiger partial charge in [-0.05, 0) is 17.7 Å². The Morgan fingerprint density at radius 3 is 2.43 bits per heavy atom. The molecule has 1 amide bonds. The maximum Gasteiger partial charge on any atom is 0.247 e. The van der Waals surface area contributed by atoms with Crippen LogP contribution in [0.1, 0.15) is 11.6 Å². The van der Waals surface area contributed by atoms with E-state index in [9.17, 15) is 9.59 Å². The average molecular weight is 192 g/mol. The maximum atomic E-state index is 10.9. The first kappa shape index (κ1) is 9.95. The lowest BCUT2D eigenvalue weighted by Gasteiger charge is -2.05. The molecule has 1 aromatic rings. The Bertz CT molecular complexity index is 378. The fourth-order valence-corrected chi connectivity index (χ4v) is 1.01. The second kappa shape index (κ2) is 4.20. The first-order valence-corrected chi connectivity index (χ1v) is 3.80. The number of nitrogens with zero attached hydrogens (tertiary/aromatic N) is 1. The van der Waals surface area contributed by atoms with Crippen LogP contribution in [0, 0.1) is 0 Å². The highest BCUT2D eigenvalue weighted by Crippen LogP contribution is 2.19. The summed E-state index contributed by atoms with van der Waals surface area (Å²) in [7, 11) is 0. The van der Waals surface area contributed by atoms with Gasteiger partial charge in [-0.15, -0.1) is 0 Å². The molecule has 0 fully saturated rings. The van der Waals surface area contributed by atoms with Crippen LogP contribution in [0.15, 0.2) is 29.3 Å². The Labute approximate surface area is 79.9 Å². The average Bonchev–Trinajstić information content (AvgIpc) is 2.15. The minimum atomic E-state index is -1.03. The molecule has 0 spiro atoms. The number of hydrogen-bond donors (Lipinski definition) is 2. The van der Waals surface area contributed by atoms with Gasteiger partial charge in [0, 0.05) is 0 Å². The summed E-state index contributed by atoms with van der Waals surface area (Å²) in [5.41, 5.74) is 5.46. The molecule has 0 heterocycles. The van der Waals surface area contributed by atoms with Crippen LogP contribution in [-0.2, 0) is 9.59 Å². The van der Waals surface area contributed by atoms with Crippen molar-refractivity contribution in [2.75, 3.05) is 0 Å². The minimum absolute atomic E-state index is 0.0621. The molecule has 1 unspecified atom stereocenters. The van der Waals surface area contributed by atoms with Crippen molar-refractivity contribution < 1.29 is 14.7 Å².